The van der Waals surface area contributed by atoms with Crippen molar-refractivity contribution in [2.24, 2.45) is 5.16 Å². The van der Waals surface area contributed by atoms with Crippen molar-refractivity contribution < 1.29 is 24.2 Å². The lowest BCUT2D eigenvalue weighted by atomic mass is 10.1. The quantitative estimate of drug-likeness (QED) is 0.453. The Morgan fingerprint density at radius 3 is 2.33 bits per heavy atom. The monoisotopic (exact) mass is 338 g/mol. The molecule has 0 aliphatic rings. The van der Waals surface area contributed by atoms with Gasteiger partial charge in [0, 0.05) is 5.56 Å². The fraction of sp³-hybridized carbons (Fsp3) is 0.529. The predicted molar refractivity (Wildman–Crippen MR) is 91.3 cm³/mol. The number of alkyl carbamates (subject to hydrolysis) is 1. The Morgan fingerprint density at radius 1 is 1.17 bits per heavy atom. The summed E-state index contributed by atoms with van der Waals surface area (Å²) in [6, 6.07) is 5.18. The number of nitrogens with one attached hydrogen (secondary N) is 1. The Hall–Kier alpha value is -2.44. The van der Waals surface area contributed by atoms with Crippen LogP contribution in [-0.2, 0) is 4.74 Å². The van der Waals surface area contributed by atoms with Crippen molar-refractivity contribution >= 4 is 11.8 Å². The first-order chi connectivity index (χ1) is 11.3. The molecule has 7 heteroatoms. The van der Waals surface area contributed by atoms with Crippen LogP contribution in [0.15, 0.2) is 23.4 Å². The molecule has 0 saturated carbocycles. The first-order valence-electron chi connectivity index (χ1n) is 7.88. The molecular formula is C17H26N2O5. The second-order valence-electron chi connectivity index (χ2n) is 5.93. The van der Waals surface area contributed by atoms with Gasteiger partial charge in [0.1, 0.15) is 11.3 Å². The van der Waals surface area contributed by atoms with E-state index in [2.05, 4.69) is 10.5 Å². The number of hydrogen-bond acceptors (Lipinski definition) is 6. The molecule has 0 bridgehead atoms. The number of carbonyl (C=O) groups is 1. The number of benzene rings is 1. The molecule has 0 fully saturated rings. The van der Waals surface area contributed by atoms with Crippen molar-refractivity contribution in [3.05, 3.63) is 23.8 Å². The Balaban J connectivity index is 2.85. The zero-order chi connectivity index (χ0) is 18.2. The zero-order valence-corrected chi connectivity index (χ0v) is 14.9. The number of nitrogens with zero attached hydrogens (tertiary/aromatic N) is 1. The minimum atomic E-state index is -0.595. The third-order valence-electron chi connectivity index (χ3n) is 2.80. The molecule has 0 atom stereocenters. The molecule has 7 nitrogen and oxygen atoms in total. The fourth-order valence-electron chi connectivity index (χ4n) is 1.90. The molecule has 0 saturated heterocycles. The van der Waals surface area contributed by atoms with Crippen LogP contribution in [0.2, 0.25) is 0 Å². The van der Waals surface area contributed by atoms with E-state index in [0.717, 1.165) is 0 Å². The highest BCUT2D eigenvalue weighted by Crippen LogP contribution is 2.28. The molecule has 1 aromatic rings. The molecule has 24 heavy (non-hydrogen) atoms. The van der Waals surface area contributed by atoms with Crippen molar-refractivity contribution in [3.8, 4) is 11.5 Å². The average Bonchev–Trinajstić information content (AvgIpc) is 2.49. The number of rotatable bonds is 7. The largest absolute Gasteiger partial charge is 0.490 e. The van der Waals surface area contributed by atoms with Gasteiger partial charge < -0.3 is 24.7 Å². The number of ether oxygens (including phenoxy) is 3. The Labute approximate surface area is 142 Å². The third-order valence-corrected chi connectivity index (χ3v) is 2.80. The van der Waals surface area contributed by atoms with Crippen LogP contribution >= 0.6 is 0 Å². The molecule has 0 aromatic heterocycles. The molecule has 134 valence electrons. The summed E-state index contributed by atoms with van der Waals surface area (Å²) in [5.41, 5.74) is 0.298. The SMILES string of the molecule is CCOc1ccc(C(CNC(=O)OC(C)(C)C)=NO)cc1OCC. The van der Waals surface area contributed by atoms with Gasteiger partial charge in [0.25, 0.3) is 0 Å². The molecule has 2 N–H and O–H groups in total. The van der Waals surface area contributed by atoms with E-state index >= 15 is 0 Å². The van der Waals surface area contributed by atoms with Crippen LogP contribution in [0.1, 0.15) is 40.2 Å². The molecule has 0 heterocycles. The van der Waals surface area contributed by atoms with Crippen molar-refractivity contribution in [1.82, 2.24) is 5.32 Å². The maximum Gasteiger partial charge on any atom is 0.407 e. The van der Waals surface area contributed by atoms with E-state index in [1.54, 1.807) is 39.0 Å². The average molecular weight is 338 g/mol. The summed E-state index contributed by atoms with van der Waals surface area (Å²) in [6.45, 7) is 10.1. The zero-order valence-electron chi connectivity index (χ0n) is 14.9. The highest BCUT2D eigenvalue weighted by Gasteiger charge is 2.17. The summed E-state index contributed by atoms with van der Waals surface area (Å²) < 4.78 is 16.2. The predicted octanol–water partition coefficient (Wildman–Crippen LogP) is 3.19. The van der Waals surface area contributed by atoms with Crippen LogP contribution < -0.4 is 14.8 Å². The Kier molecular flexibility index (Phi) is 7.35. The summed E-state index contributed by atoms with van der Waals surface area (Å²) in [4.78, 5) is 11.7. The summed E-state index contributed by atoms with van der Waals surface area (Å²) in [5, 5.41) is 15.1. The normalized spacial score (nSPS) is 11.8. The van der Waals surface area contributed by atoms with Gasteiger partial charge in [0.05, 0.1) is 19.8 Å². The van der Waals surface area contributed by atoms with Crippen LogP contribution in [-0.4, -0.2) is 42.4 Å². The number of oxime groups is 1. The van der Waals surface area contributed by atoms with Crippen LogP contribution in [0.4, 0.5) is 4.79 Å². The van der Waals surface area contributed by atoms with Gasteiger partial charge in [0.2, 0.25) is 0 Å². The summed E-state index contributed by atoms with van der Waals surface area (Å²) in [7, 11) is 0. The highest BCUT2D eigenvalue weighted by atomic mass is 16.6. The second kappa shape index (κ2) is 9.00. The van der Waals surface area contributed by atoms with E-state index in [0.29, 0.717) is 30.3 Å². The summed E-state index contributed by atoms with van der Waals surface area (Å²) in [5.74, 6) is 1.16. The molecule has 0 aliphatic heterocycles. The third kappa shape index (κ3) is 6.36. The van der Waals surface area contributed by atoms with Crippen LogP contribution in [0, 0.1) is 0 Å². The lowest BCUT2D eigenvalue weighted by molar-refractivity contribution is 0.0536. The van der Waals surface area contributed by atoms with Gasteiger partial charge in [-0.3, -0.25) is 0 Å². The maximum atomic E-state index is 11.7. The van der Waals surface area contributed by atoms with Gasteiger partial charge in [-0.1, -0.05) is 5.16 Å². The van der Waals surface area contributed by atoms with E-state index in [1.807, 2.05) is 13.8 Å². The van der Waals surface area contributed by atoms with Crippen molar-refractivity contribution in [2.75, 3.05) is 19.8 Å². The van der Waals surface area contributed by atoms with Crippen molar-refractivity contribution in [2.45, 2.75) is 40.2 Å². The van der Waals surface area contributed by atoms with Crippen LogP contribution in [0.5, 0.6) is 11.5 Å². The molecule has 0 aliphatic carbocycles. The van der Waals surface area contributed by atoms with Gasteiger partial charge in [-0.05, 0) is 52.8 Å². The minimum absolute atomic E-state index is 0.0188. The second-order valence-corrected chi connectivity index (χ2v) is 5.93. The van der Waals surface area contributed by atoms with E-state index in [9.17, 15) is 10.0 Å². The van der Waals surface area contributed by atoms with Crippen LogP contribution in [0.3, 0.4) is 0 Å². The van der Waals surface area contributed by atoms with Gasteiger partial charge in [-0.2, -0.15) is 0 Å². The molecule has 1 amide bonds. The fourth-order valence-corrected chi connectivity index (χ4v) is 1.90. The molecule has 0 spiro atoms. The molecular weight excluding hydrogens is 312 g/mol. The number of hydrogen-bond donors (Lipinski definition) is 2. The van der Waals surface area contributed by atoms with Gasteiger partial charge in [0.15, 0.2) is 11.5 Å². The first kappa shape index (κ1) is 19.6. The van der Waals surface area contributed by atoms with Crippen molar-refractivity contribution in [3.63, 3.8) is 0 Å². The van der Waals surface area contributed by atoms with Crippen LogP contribution in [0.25, 0.3) is 0 Å². The van der Waals surface area contributed by atoms with E-state index in [4.69, 9.17) is 14.2 Å². The minimum Gasteiger partial charge on any atom is -0.490 e. The number of amides is 1. The highest BCUT2D eigenvalue weighted by molar-refractivity contribution is 6.03. The smallest absolute Gasteiger partial charge is 0.407 e. The van der Waals surface area contributed by atoms with Gasteiger partial charge in [-0.15, -0.1) is 0 Å². The standard InChI is InChI=1S/C17H26N2O5/c1-6-22-14-9-8-12(10-15(14)23-7-2)13(19-21)11-18-16(20)24-17(3,4)5/h8-10,21H,6-7,11H2,1-5H3,(H,18,20). The van der Waals surface area contributed by atoms with Gasteiger partial charge >= 0.3 is 6.09 Å². The first-order valence-corrected chi connectivity index (χ1v) is 7.88. The molecule has 1 aromatic carbocycles. The van der Waals surface area contributed by atoms with E-state index < -0.39 is 11.7 Å². The van der Waals surface area contributed by atoms with E-state index in [1.165, 1.54) is 0 Å². The topological polar surface area (TPSA) is 89.4 Å². The molecule has 0 unspecified atom stereocenters. The number of carbonyl (C=O) groups excluding carboxylic acids is 1. The van der Waals surface area contributed by atoms with Crippen molar-refractivity contribution in [1.29, 1.82) is 0 Å². The lowest BCUT2D eigenvalue weighted by Gasteiger charge is -2.20. The maximum absolute atomic E-state index is 11.7. The van der Waals surface area contributed by atoms with Gasteiger partial charge in [-0.25, -0.2) is 4.79 Å². The Bertz CT molecular complexity index is 579. The molecule has 1 rings (SSSR count). The summed E-state index contributed by atoms with van der Waals surface area (Å²) >= 11 is 0. The Morgan fingerprint density at radius 2 is 1.79 bits per heavy atom. The molecule has 0 radical (unpaired) electrons. The lowest BCUT2D eigenvalue weighted by Crippen LogP contribution is -2.35. The van der Waals surface area contributed by atoms with E-state index in [-0.39, 0.29) is 12.3 Å². The summed E-state index contributed by atoms with van der Waals surface area (Å²) in [6.07, 6.45) is -0.584.